The normalized spacial score (nSPS) is 14.7. The van der Waals surface area contributed by atoms with Crippen LogP contribution >= 0.6 is 0 Å². The molecule has 3 N–H and O–H groups in total. The lowest BCUT2D eigenvalue weighted by Crippen LogP contribution is -2.15. The Morgan fingerprint density at radius 1 is 1.05 bits per heavy atom. The number of aliphatic hydroxyl groups is 2. The molecule has 0 aromatic rings. The average Bonchev–Trinajstić information content (AvgIpc) is 2.46. The second kappa shape index (κ2) is 14.8. The standard InChI is InChI=1S/C18H32O4/c1-2-3-4-5-6-7-8-9-12-16(19)15-17(20)13-10-11-14-18(21)22/h6-7,9,12,16-17,19-20H,2-5,8,10-11,13-15H2,1H3,(H,21,22)/b7-6-,12-9-/t16-,17-/m1/s1. The van der Waals surface area contributed by atoms with Crippen LogP contribution in [0.4, 0.5) is 0 Å². The van der Waals surface area contributed by atoms with Gasteiger partial charge in [-0.05, 0) is 32.1 Å². The zero-order valence-electron chi connectivity index (χ0n) is 13.8. The maximum atomic E-state index is 10.3. The second-order valence-corrected chi connectivity index (χ2v) is 5.73. The molecule has 0 saturated carbocycles. The van der Waals surface area contributed by atoms with Crippen molar-refractivity contribution in [3.8, 4) is 0 Å². The Labute approximate surface area is 134 Å². The molecule has 0 heterocycles. The van der Waals surface area contributed by atoms with Crippen molar-refractivity contribution in [3.05, 3.63) is 24.3 Å². The molecule has 0 radical (unpaired) electrons. The minimum atomic E-state index is -0.805. The number of aliphatic carboxylic acids is 1. The van der Waals surface area contributed by atoms with Gasteiger partial charge >= 0.3 is 5.97 Å². The van der Waals surface area contributed by atoms with Crippen molar-refractivity contribution in [3.63, 3.8) is 0 Å². The van der Waals surface area contributed by atoms with Gasteiger partial charge in [0, 0.05) is 12.8 Å². The summed E-state index contributed by atoms with van der Waals surface area (Å²) in [6.07, 6.45) is 14.6. The van der Waals surface area contributed by atoms with Crippen molar-refractivity contribution in [2.45, 2.75) is 83.3 Å². The summed E-state index contributed by atoms with van der Waals surface area (Å²) in [4.78, 5) is 10.3. The Balaban J connectivity index is 3.63. The van der Waals surface area contributed by atoms with Crippen LogP contribution in [0.25, 0.3) is 0 Å². The number of carboxylic acid groups (broad SMARTS) is 1. The van der Waals surface area contributed by atoms with E-state index in [1.54, 1.807) is 6.08 Å². The van der Waals surface area contributed by atoms with E-state index in [1.807, 2.05) is 6.08 Å². The highest BCUT2D eigenvalue weighted by Gasteiger charge is 2.09. The number of carbonyl (C=O) groups is 1. The highest BCUT2D eigenvalue weighted by Crippen LogP contribution is 2.10. The molecule has 0 aliphatic heterocycles. The quantitative estimate of drug-likeness (QED) is 0.336. The van der Waals surface area contributed by atoms with E-state index >= 15 is 0 Å². The number of rotatable bonds is 14. The molecular formula is C18H32O4. The highest BCUT2D eigenvalue weighted by molar-refractivity contribution is 5.66. The maximum absolute atomic E-state index is 10.3. The molecule has 0 aromatic carbocycles. The van der Waals surface area contributed by atoms with Crippen LogP contribution in [0.3, 0.4) is 0 Å². The van der Waals surface area contributed by atoms with Gasteiger partial charge < -0.3 is 15.3 Å². The van der Waals surface area contributed by atoms with Crippen molar-refractivity contribution >= 4 is 5.97 Å². The summed E-state index contributed by atoms with van der Waals surface area (Å²) >= 11 is 0. The fourth-order valence-electron chi connectivity index (χ4n) is 2.17. The third-order valence-electron chi connectivity index (χ3n) is 3.46. The molecule has 0 aromatic heterocycles. The van der Waals surface area contributed by atoms with E-state index < -0.39 is 18.2 Å². The summed E-state index contributed by atoms with van der Waals surface area (Å²) < 4.78 is 0. The summed E-state index contributed by atoms with van der Waals surface area (Å²) in [5.74, 6) is -0.805. The average molecular weight is 312 g/mol. The summed E-state index contributed by atoms with van der Waals surface area (Å²) in [6, 6.07) is 0. The van der Waals surface area contributed by atoms with Crippen LogP contribution in [-0.4, -0.2) is 33.5 Å². The number of allylic oxidation sites excluding steroid dienone is 3. The smallest absolute Gasteiger partial charge is 0.303 e. The van der Waals surface area contributed by atoms with E-state index in [-0.39, 0.29) is 6.42 Å². The van der Waals surface area contributed by atoms with E-state index in [0.29, 0.717) is 25.7 Å². The molecular weight excluding hydrogens is 280 g/mol. The van der Waals surface area contributed by atoms with E-state index in [2.05, 4.69) is 19.1 Å². The van der Waals surface area contributed by atoms with Gasteiger partial charge in [0.2, 0.25) is 0 Å². The Morgan fingerprint density at radius 3 is 2.50 bits per heavy atom. The fraction of sp³-hybridized carbons (Fsp3) is 0.722. The molecule has 0 unspecified atom stereocenters. The molecule has 0 aliphatic carbocycles. The zero-order chi connectivity index (χ0) is 16.6. The first-order valence-electron chi connectivity index (χ1n) is 8.45. The topological polar surface area (TPSA) is 77.8 Å². The summed E-state index contributed by atoms with van der Waals surface area (Å²) in [5.41, 5.74) is 0. The third kappa shape index (κ3) is 15.3. The maximum Gasteiger partial charge on any atom is 0.303 e. The summed E-state index contributed by atoms with van der Waals surface area (Å²) in [6.45, 7) is 2.19. The number of hydrogen-bond acceptors (Lipinski definition) is 3. The van der Waals surface area contributed by atoms with Gasteiger partial charge in [-0.3, -0.25) is 4.79 Å². The van der Waals surface area contributed by atoms with Crippen LogP contribution in [0.1, 0.15) is 71.1 Å². The van der Waals surface area contributed by atoms with Gasteiger partial charge in [0.1, 0.15) is 0 Å². The van der Waals surface area contributed by atoms with E-state index in [0.717, 1.165) is 12.8 Å². The molecule has 0 saturated heterocycles. The minimum absolute atomic E-state index is 0.139. The lowest BCUT2D eigenvalue weighted by atomic mass is 10.0. The van der Waals surface area contributed by atoms with Gasteiger partial charge in [-0.15, -0.1) is 0 Å². The number of aliphatic hydroxyl groups excluding tert-OH is 2. The SMILES string of the molecule is CCCCC/C=C\C/C=C\[C@@H](O)C[C@H](O)CCCCC(=O)O. The first kappa shape index (κ1) is 20.9. The van der Waals surface area contributed by atoms with Gasteiger partial charge in [0.25, 0.3) is 0 Å². The van der Waals surface area contributed by atoms with Gasteiger partial charge in [0.05, 0.1) is 12.2 Å². The van der Waals surface area contributed by atoms with Crippen molar-refractivity contribution in [2.75, 3.05) is 0 Å². The predicted molar refractivity (Wildman–Crippen MR) is 89.8 cm³/mol. The van der Waals surface area contributed by atoms with Crippen LogP contribution in [0.2, 0.25) is 0 Å². The fourth-order valence-corrected chi connectivity index (χ4v) is 2.17. The Morgan fingerprint density at radius 2 is 1.82 bits per heavy atom. The molecule has 22 heavy (non-hydrogen) atoms. The molecule has 2 atom stereocenters. The molecule has 0 spiro atoms. The van der Waals surface area contributed by atoms with E-state index in [9.17, 15) is 15.0 Å². The molecule has 0 amide bonds. The van der Waals surface area contributed by atoms with Gasteiger partial charge in [-0.2, -0.15) is 0 Å². The van der Waals surface area contributed by atoms with Crippen LogP contribution in [0.15, 0.2) is 24.3 Å². The highest BCUT2D eigenvalue weighted by atomic mass is 16.4. The molecule has 0 aliphatic rings. The van der Waals surface area contributed by atoms with Gasteiger partial charge in [-0.1, -0.05) is 50.5 Å². The number of hydrogen-bond donors (Lipinski definition) is 3. The molecule has 128 valence electrons. The summed E-state index contributed by atoms with van der Waals surface area (Å²) in [7, 11) is 0. The second-order valence-electron chi connectivity index (χ2n) is 5.73. The molecule has 0 fully saturated rings. The summed E-state index contributed by atoms with van der Waals surface area (Å²) in [5, 5.41) is 28.0. The first-order chi connectivity index (χ1) is 10.6. The van der Waals surface area contributed by atoms with Crippen LogP contribution < -0.4 is 0 Å². The Bertz CT molecular complexity index is 323. The number of carboxylic acids is 1. The lowest BCUT2D eigenvalue weighted by Gasteiger charge is -2.12. The minimum Gasteiger partial charge on any atom is -0.481 e. The first-order valence-corrected chi connectivity index (χ1v) is 8.45. The van der Waals surface area contributed by atoms with Gasteiger partial charge in [-0.25, -0.2) is 0 Å². The lowest BCUT2D eigenvalue weighted by molar-refractivity contribution is -0.137. The molecule has 0 bridgehead atoms. The van der Waals surface area contributed by atoms with Crippen molar-refractivity contribution in [1.29, 1.82) is 0 Å². The largest absolute Gasteiger partial charge is 0.481 e. The van der Waals surface area contributed by atoms with Crippen LogP contribution in [0, 0.1) is 0 Å². The zero-order valence-corrected chi connectivity index (χ0v) is 13.8. The molecule has 0 rings (SSSR count). The van der Waals surface area contributed by atoms with Crippen molar-refractivity contribution in [2.24, 2.45) is 0 Å². The van der Waals surface area contributed by atoms with Crippen molar-refractivity contribution < 1.29 is 20.1 Å². The van der Waals surface area contributed by atoms with Gasteiger partial charge in [0.15, 0.2) is 0 Å². The van der Waals surface area contributed by atoms with Crippen LogP contribution in [-0.2, 0) is 4.79 Å². The molecule has 4 nitrogen and oxygen atoms in total. The van der Waals surface area contributed by atoms with Crippen LogP contribution in [0.5, 0.6) is 0 Å². The molecule has 4 heteroatoms. The van der Waals surface area contributed by atoms with E-state index in [4.69, 9.17) is 5.11 Å². The van der Waals surface area contributed by atoms with E-state index in [1.165, 1.54) is 19.3 Å². The monoisotopic (exact) mass is 312 g/mol. The predicted octanol–water partition coefficient (Wildman–Crippen LogP) is 3.83. The van der Waals surface area contributed by atoms with Crippen molar-refractivity contribution in [1.82, 2.24) is 0 Å². The Hall–Kier alpha value is -1.13. The number of unbranched alkanes of at least 4 members (excludes halogenated alkanes) is 4. The third-order valence-corrected chi connectivity index (χ3v) is 3.46. The Kier molecular flexibility index (Phi) is 14.0.